The van der Waals surface area contributed by atoms with Crippen LogP contribution in [0.2, 0.25) is 0 Å². The smallest absolute Gasteiger partial charge is 0.273 e. The van der Waals surface area contributed by atoms with Gasteiger partial charge >= 0.3 is 0 Å². The Morgan fingerprint density at radius 2 is 1.39 bits per heavy atom. The number of amides is 1. The van der Waals surface area contributed by atoms with Crippen LogP contribution < -0.4 is 5.32 Å². The van der Waals surface area contributed by atoms with E-state index in [1.54, 1.807) is 6.92 Å². The van der Waals surface area contributed by atoms with E-state index >= 15 is 0 Å². The van der Waals surface area contributed by atoms with Crippen molar-refractivity contribution in [3.05, 3.63) is 98.1 Å². The number of hydrogen-bond donors (Lipinski definition) is 1. The van der Waals surface area contributed by atoms with Crippen LogP contribution in [0.3, 0.4) is 0 Å². The van der Waals surface area contributed by atoms with Gasteiger partial charge in [0, 0.05) is 35.0 Å². The van der Waals surface area contributed by atoms with Crippen molar-refractivity contribution in [1.82, 2.24) is 0 Å². The van der Waals surface area contributed by atoms with Crippen molar-refractivity contribution in [2.24, 2.45) is 0 Å². The van der Waals surface area contributed by atoms with Gasteiger partial charge in [0.25, 0.3) is 17.3 Å². The lowest BCUT2D eigenvalue weighted by Gasteiger charge is -2.08. The minimum absolute atomic E-state index is 0.0645. The molecule has 0 aliphatic rings. The van der Waals surface area contributed by atoms with Crippen LogP contribution in [0.15, 0.2) is 76.5 Å². The number of nitrogens with one attached hydrogen (secondary N) is 1. The van der Waals surface area contributed by atoms with Gasteiger partial charge < -0.3 is 5.32 Å². The van der Waals surface area contributed by atoms with Crippen molar-refractivity contribution in [2.75, 3.05) is 5.32 Å². The number of carbonyl (C=O) groups excluding carboxylic acids is 1. The van der Waals surface area contributed by atoms with E-state index in [-0.39, 0.29) is 32.4 Å². The minimum Gasteiger partial charge on any atom is -0.322 e. The van der Waals surface area contributed by atoms with Gasteiger partial charge in [-0.25, -0.2) is 8.42 Å². The summed E-state index contributed by atoms with van der Waals surface area (Å²) in [4.78, 5) is 32.8. The highest BCUT2D eigenvalue weighted by atomic mass is 32.2. The van der Waals surface area contributed by atoms with E-state index in [9.17, 15) is 33.4 Å². The zero-order valence-corrected chi connectivity index (χ0v) is 16.8. The molecule has 10 nitrogen and oxygen atoms in total. The Bertz CT molecular complexity index is 1290. The number of nitro groups is 2. The van der Waals surface area contributed by atoms with E-state index in [1.807, 2.05) is 0 Å². The molecule has 11 heteroatoms. The van der Waals surface area contributed by atoms with Gasteiger partial charge in [-0.3, -0.25) is 25.0 Å². The Morgan fingerprint density at radius 1 is 0.839 bits per heavy atom. The van der Waals surface area contributed by atoms with E-state index in [4.69, 9.17) is 0 Å². The van der Waals surface area contributed by atoms with Gasteiger partial charge in [0.1, 0.15) is 0 Å². The van der Waals surface area contributed by atoms with Crippen molar-refractivity contribution >= 4 is 32.8 Å². The average molecular weight is 441 g/mol. The van der Waals surface area contributed by atoms with Gasteiger partial charge in [-0.2, -0.15) is 0 Å². The third kappa shape index (κ3) is 4.56. The third-order valence-electron chi connectivity index (χ3n) is 4.45. The summed E-state index contributed by atoms with van der Waals surface area (Å²) >= 11 is 0. The normalized spacial score (nSPS) is 11.0. The number of hydrogen-bond acceptors (Lipinski definition) is 7. The molecular weight excluding hydrogens is 426 g/mol. The highest BCUT2D eigenvalue weighted by Gasteiger charge is 2.19. The molecule has 0 saturated carbocycles. The van der Waals surface area contributed by atoms with Crippen molar-refractivity contribution in [2.45, 2.75) is 16.7 Å². The summed E-state index contributed by atoms with van der Waals surface area (Å²) in [5.41, 5.74) is 0.378. The Hall–Kier alpha value is -4.12. The quantitative estimate of drug-likeness (QED) is 0.450. The first-order valence-electron chi connectivity index (χ1n) is 8.75. The molecule has 31 heavy (non-hydrogen) atoms. The first-order valence-corrected chi connectivity index (χ1v) is 10.2. The van der Waals surface area contributed by atoms with Crippen LogP contribution in [0.1, 0.15) is 15.9 Å². The second-order valence-electron chi connectivity index (χ2n) is 6.49. The molecule has 3 aromatic carbocycles. The molecule has 0 aromatic heterocycles. The van der Waals surface area contributed by atoms with Crippen LogP contribution in [0.25, 0.3) is 0 Å². The predicted octanol–water partition coefficient (Wildman–Crippen LogP) is 3.90. The van der Waals surface area contributed by atoms with Crippen molar-refractivity contribution in [3.8, 4) is 0 Å². The summed E-state index contributed by atoms with van der Waals surface area (Å²) in [6.07, 6.45) is 0. The molecule has 3 rings (SSSR count). The zero-order valence-electron chi connectivity index (χ0n) is 16.0. The molecule has 0 fully saturated rings. The van der Waals surface area contributed by atoms with E-state index in [0.717, 1.165) is 30.3 Å². The Morgan fingerprint density at radius 3 is 1.90 bits per heavy atom. The van der Waals surface area contributed by atoms with Gasteiger partial charge in [0.2, 0.25) is 9.84 Å². The fourth-order valence-electron chi connectivity index (χ4n) is 2.75. The molecule has 0 atom stereocenters. The number of anilines is 1. The number of rotatable bonds is 6. The van der Waals surface area contributed by atoms with Crippen LogP contribution in [-0.2, 0) is 9.84 Å². The second-order valence-corrected chi connectivity index (χ2v) is 8.44. The Labute approximate surface area is 176 Å². The Balaban J connectivity index is 1.80. The van der Waals surface area contributed by atoms with E-state index in [0.29, 0.717) is 5.56 Å². The maximum atomic E-state index is 12.7. The third-order valence-corrected chi connectivity index (χ3v) is 6.23. The molecule has 0 bridgehead atoms. The molecule has 0 saturated heterocycles. The molecule has 3 aromatic rings. The van der Waals surface area contributed by atoms with Gasteiger partial charge in [0.15, 0.2) is 0 Å². The van der Waals surface area contributed by atoms with E-state index in [1.165, 1.54) is 36.4 Å². The standard InChI is InChI=1S/C20H15N3O7S/c1-13-2-3-14(12-19(13)23(27)28)20(24)21-15-4-8-17(9-5-15)31(29,30)18-10-6-16(7-11-18)22(25)26/h2-12H,1H3,(H,21,24). The largest absolute Gasteiger partial charge is 0.322 e. The lowest BCUT2D eigenvalue weighted by Crippen LogP contribution is -2.12. The molecule has 1 N–H and O–H groups in total. The van der Waals surface area contributed by atoms with Crippen LogP contribution in [0.5, 0.6) is 0 Å². The molecule has 0 unspecified atom stereocenters. The molecule has 0 aliphatic carbocycles. The molecule has 0 radical (unpaired) electrons. The lowest BCUT2D eigenvalue weighted by atomic mass is 10.1. The number of nitro benzene ring substituents is 2. The van der Waals surface area contributed by atoms with Crippen LogP contribution in [-0.4, -0.2) is 24.2 Å². The molecule has 1 amide bonds. The van der Waals surface area contributed by atoms with Crippen molar-refractivity contribution < 1.29 is 23.1 Å². The zero-order chi connectivity index (χ0) is 22.8. The van der Waals surface area contributed by atoms with Gasteiger partial charge in [-0.1, -0.05) is 6.07 Å². The monoisotopic (exact) mass is 441 g/mol. The maximum absolute atomic E-state index is 12.7. The molecule has 0 spiro atoms. The molecule has 158 valence electrons. The summed E-state index contributed by atoms with van der Waals surface area (Å²) in [5, 5.41) is 24.3. The maximum Gasteiger partial charge on any atom is 0.273 e. The second kappa shape index (κ2) is 8.32. The molecule has 0 heterocycles. The topological polar surface area (TPSA) is 150 Å². The van der Waals surface area contributed by atoms with Crippen molar-refractivity contribution in [3.63, 3.8) is 0 Å². The summed E-state index contributed by atoms with van der Waals surface area (Å²) in [6.45, 7) is 1.56. The van der Waals surface area contributed by atoms with Gasteiger partial charge in [0.05, 0.1) is 19.6 Å². The first kappa shape index (κ1) is 21.6. The summed E-state index contributed by atoms with van der Waals surface area (Å²) in [5.74, 6) is -0.589. The van der Waals surface area contributed by atoms with E-state index < -0.39 is 25.6 Å². The average Bonchev–Trinajstić information content (AvgIpc) is 2.74. The number of carbonyl (C=O) groups is 1. The number of benzene rings is 3. The molecule has 0 aliphatic heterocycles. The fourth-order valence-corrected chi connectivity index (χ4v) is 4.01. The summed E-state index contributed by atoms with van der Waals surface area (Å²) < 4.78 is 25.4. The highest BCUT2D eigenvalue weighted by Crippen LogP contribution is 2.25. The van der Waals surface area contributed by atoms with Gasteiger partial charge in [-0.05, 0) is 49.4 Å². The first-order chi connectivity index (χ1) is 14.6. The van der Waals surface area contributed by atoms with Crippen LogP contribution in [0, 0.1) is 27.2 Å². The SMILES string of the molecule is Cc1ccc(C(=O)Nc2ccc(S(=O)(=O)c3ccc([N+](=O)[O-])cc3)cc2)cc1[N+](=O)[O-]. The van der Waals surface area contributed by atoms with Crippen LogP contribution >= 0.6 is 0 Å². The van der Waals surface area contributed by atoms with Crippen LogP contribution in [0.4, 0.5) is 17.1 Å². The van der Waals surface area contributed by atoms with Gasteiger partial charge in [-0.15, -0.1) is 0 Å². The Kier molecular flexibility index (Phi) is 5.79. The highest BCUT2D eigenvalue weighted by molar-refractivity contribution is 7.91. The predicted molar refractivity (Wildman–Crippen MR) is 111 cm³/mol. The number of non-ortho nitro benzene ring substituents is 1. The molecular formula is C20H15N3O7S. The lowest BCUT2D eigenvalue weighted by molar-refractivity contribution is -0.385. The minimum atomic E-state index is -3.91. The van der Waals surface area contributed by atoms with E-state index in [2.05, 4.69) is 5.32 Å². The fraction of sp³-hybridized carbons (Fsp3) is 0.0500. The van der Waals surface area contributed by atoms with Crippen molar-refractivity contribution in [1.29, 1.82) is 0 Å². The number of sulfone groups is 1. The summed E-state index contributed by atoms with van der Waals surface area (Å²) in [6, 6.07) is 13.9. The number of nitrogens with zero attached hydrogens (tertiary/aromatic N) is 2. The summed E-state index contributed by atoms with van der Waals surface area (Å²) in [7, 11) is -3.91. The number of aryl methyl sites for hydroxylation is 1.